The maximum absolute atomic E-state index is 13.0. The van der Waals surface area contributed by atoms with Crippen LogP contribution in [0, 0.1) is 12.8 Å². The van der Waals surface area contributed by atoms with Crippen LogP contribution in [0.2, 0.25) is 0 Å². The second-order valence-electron chi connectivity index (χ2n) is 9.78. The van der Waals surface area contributed by atoms with E-state index in [2.05, 4.69) is 32.6 Å². The quantitative estimate of drug-likeness (QED) is 0.503. The Morgan fingerprint density at radius 2 is 2.00 bits per heavy atom. The van der Waals surface area contributed by atoms with Crippen molar-refractivity contribution in [3.05, 3.63) is 42.0 Å². The molecule has 3 aromatic heterocycles. The van der Waals surface area contributed by atoms with Crippen molar-refractivity contribution in [2.24, 2.45) is 5.92 Å². The molecule has 176 valence electrons. The number of nitrogens with zero attached hydrogens (tertiary/aromatic N) is 4. The van der Waals surface area contributed by atoms with Crippen LogP contribution in [0.4, 0.5) is 5.69 Å². The largest absolute Gasteiger partial charge is 0.390 e. The van der Waals surface area contributed by atoms with E-state index in [0.29, 0.717) is 35.8 Å². The van der Waals surface area contributed by atoms with E-state index in [1.54, 1.807) is 23.1 Å². The summed E-state index contributed by atoms with van der Waals surface area (Å²) in [6, 6.07) is 2.02. The highest BCUT2D eigenvalue weighted by Gasteiger charge is 2.31. The van der Waals surface area contributed by atoms with E-state index in [4.69, 9.17) is 0 Å². The van der Waals surface area contributed by atoms with Gasteiger partial charge < -0.3 is 15.7 Å². The summed E-state index contributed by atoms with van der Waals surface area (Å²) in [5.74, 6) is 0.472. The molecule has 0 atom stereocenters. The molecular weight excluding hydrogens is 416 g/mol. The SMILES string of the molecule is Cc1cnc2c(-c3cc(NC(C)C)c(C(=O)NCCC4(O)CCC(C)CC4)cn3)cnn2c1. The summed E-state index contributed by atoms with van der Waals surface area (Å²) in [6.45, 7) is 8.69. The summed E-state index contributed by atoms with van der Waals surface area (Å²) in [5.41, 5.74) is 3.77. The van der Waals surface area contributed by atoms with Gasteiger partial charge >= 0.3 is 0 Å². The number of rotatable bonds is 7. The normalized spacial score (nSPS) is 20.8. The third kappa shape index (κ3) is 5.33. The number of carbonyl (C=O) groups is 1. The monoisotopic (exact) mass is 450 g/mol. The second kappa shape index (κ2) is 9.47. The van der Waals surface area contributed by atoms with Gasteiger partial charge in [-0.1, -0.05) is 6.92 Å². The molecule has 1 amide bonds. The van der Waals surface area contributed by atoms with Crippen LogP contribution in [0.5, 0.6) is 0 Å². The van der Waals surface area contributed by atoms with Crippen molar-refractivity contribution in [1.29, 1.82) is 0 Å². The summed E-state index contributed by atoms with van der Waals surface area (Å²) in [5, 5.41) is 21.5. The van der Waals surface area contributed by atoms with Crippen molar-refractivity contribution in [1.82, 2.24) is 24.9 Å². The van der Waals surface area contributed by atoms with Gasteiger partial charge in [0.25, 0.3) is 5.91 Å². The van der Waals surface area contributed by atoms with Crippen LogP contribution in [-0.2, 0) is 0 Å². The standard InChI is InChI=1S/C25H34N6O2/c1-16(2)30-22-11-21(19-14-29-31-15-18(4)12-28-23(19)31)27-13-20(22)24(32)26-10-9-25(33)7-5-17(3)6-8-25/h11-17,33H,5-10H2,1-4H3,(H,26,32)(H,27,30). The molecule has 0 aromatic carbocycles. The van der Waals surface area contributed by atoms with Crippen LogP contribution in [0.1, 0.15) is 68.8 Å². The van der Waals surface area contributed by atoms with Gasteiger partial charge in [-0.25, -0.2) is 9.50 Å². The number of fused-ring (bicyclic) bond motifs is 1. The molecule has 3 aromatic rings. The lowest BCUT2D eigenvalue weighted by Gasteiger charge is -2.35. The number of hydrogen-bond acceptors (Lipinski definition) is 6. The van der Waals surface area contributed by atoms with E-state index in [1.165, 1.54) is 0 Å². The van der Waals surface area contributed by atoms with E-state index in [1.807, 2.05) is 33.0 Å². The lowest BCUT2D eigenvalue weighted by atomic mass is 9.78. The minimum absolute atomic E-state index is 0.140. The van der Waals surface area contributed by atoms with E-state index in [0.717, 1.165) is 42.5 Å². The molecule has 0 aliphatic heterocycles. The zero-order valence-corrected chi connectivity index (χ0v) is 19.9. The number of aryl methyl sites for hydroxylation is 1. The Labute approximate surface area is 194 Å². The fourth-order valence-electron chi connectivity index (χ4n) is 4.42. The molecule has 8 heteroatoms. The molecule has 1 aliphatic carbocycles. The zero-order chi connectivity index (χ0) is 23.6. The topological polar surface area (TPSA) is 104 Å². The highest BCUT2D eigenvalue weighted by atomic mass is 16.3. The molecule has 1 saturated carbocycles. The maximum atomic E-state index is 13.0. The predicted molar refractivity (Wildman–Crippen MR) is 129 cm³/mol. The van der Waals surface area contributed by atoms with Crippen LogP contribution >= 0.6 is 0 Å². The molecule has 4 rings (SSSR count). The van der Waals surface area contributed by atoms with Gasteiger partial charge in [0.2, 0.25) is 0 Å². The van der Waals surface area contributed by atoms with Gasteiger partial charge in [0.05, 0.1) is 34.3 Å². The minimum Gasteiger partial charge on any atom is -0.390 e. The molecule has 1 fully saturated rings. The van der Waals surface area contributed by atoms with Gasteiger partial charge in [0.15, 0.2) is 5.65 Å². The summed E-state index contributed by atoms with van der Waals surface area (Å²) >= 11 is 0. The first-order valence-electron chi connectivity index (χ1n) is 11.8. The van der Waals surface area contributed by atoms with E-state index in [9.17, 15) is 9.90 Å². The van der Waals surface area contributed by atoms with Crippen molar-refractivity contribution in [3.8, 4) is 11.3 Å². The lowest BCUT2D eigenvalue weighted by molar-refractivity contribution is -0.0136. The fourth-order valence-corrected chi connectivity index (χ4v) is 4.42. The molecule has 0 saturated heterocycles. The third-order valence-corrected chi connectivity index (χ3v) is 6.44. The second-order valence-corrected chi connectivity index (χ2v) is 9.78. The fraction of sp³-hybridized carbons (Fsp3) is 0.520. The highest BCUT2D eigenvalue weighted by molar-refractivity contribution is 6.00. The van der Waals surface area contributed by atoms with E-state index >= 15 is 0 Å². The zero-order valence-electron chi connectivity index (χ0n) is 19.9. The first-order chi connectivity index (χ1) is 15.7. The van der Waals surface area contributed by atoms with Crippen LogP contribution in [-0.4, -0.2) is 48.8 Å². The number of pyridine rings is 1. The first kappa shape index (κ1) is 23.2. The van der Waals surface area contributed by atoms with Crippen LogP contribution < -0.4 is 10.6 Å². The van der Waals surface area contributed by atoms with E-state index in [-0.39, 0.29) is 11.9 Å². The minimum atomic E-state index is -0.671. The van der Waals surface area contributed by atoms with Crippen molar-refractivity contribution >= 4 is 17.2 Å². The Bertz CT molecular complexity index is 1130. The van der Waals surface area contributed by atoms with Crippen molar-refractivity contribution in [3.63, 3.8) is 0 Å². The molecule has 1 aliphatic rings. The number of aliphatic hydroxyl groups is 1. The predicted octanol–water partition coefficient (Wildman–Crippen LogP) is 3.98. The average molecular weight is 451 g/mol. The van der Waals surface area contributed by atoms with Crippen molar-refractivity contribution < 1.29 is 9.90 Å². The van der Waals surface area contributed by atoms with E-state index < -0.39 is 5.60 Å². The highest BCUT2D eigenvalue weighted by Crippen LogP contribution is 2.34. The van der Waals surface area contributed by atoms with Gasteiger partial charge in [-0.3, -0.25) is 9.78 Å². The van der Waals surface area contributed by atoms with Gasteiger partial charge in [0.1, 0.15) is 0 Å². The van der Waals surface area contributed by atoms with Crippen molar-refractivity contribution in [2.45, 2.75) is 71.4 Å². The number of nitrogens with one attached hydrogen (secondary N) is 2. The Hall–Kier alpha value is -3.00. The summed E-state index contributed by atoms with van der Waals surface area (Å²) in [6.07, 6.45) is 11.3. The smallest absolute Gasteiger partial charge is 0.254 e. The Morgan fingerprint density at radius 3 is 2.73 bits per heavy atom. The number of amides is 1. The van der Waals surface area contributed by atoms with Crippen molar-refractivity contribution in [2.75, 3.05) is 11.9 Å². The Morgan fingerprint density at radius 1 is 1.24 bits per heavy atom. The molecule has 3 heterocycles. The number of anilines is 1. The van der Waals surface area contributed by atoms with Crippen LogP contribution in [0.25, 0.3) is 16.9 Å². The van der Waals surface area contributed by atoms with Crippen LogP contribution in [0.15, 0.2) is 30.9 Å². The molecule has 0 spiro atoms. The molecule has 33 heavy (non-hydrogen) atoms. The Kier molecular flexibility index (Phi) is 6.65. The number of carbonyl (C=O) groups excluding carboxylic acids is 1. The van der Waals surface area contributed by atoms with Gasteiger partial charge in [-0.2, -0.15) is 5.10 Å². The molecule has 0 radical (unpaired) electrons. The van der Waals surface area contributed by atoms with Gasteiger partial charge in [0, 0.05) is 31.2 Å². The average Bonchev–Trinajstić information content (AvgIpc) is 3.18. The van der Waals surface area contributed by atoms with Crippen LogP contribution in [0.3, 0.4) is 0 Å². The molecular formula is C25H34N6O2. The molecule has 8 nitrogen and oxygen atoms in total. The first-order valence-corrected chi connectivity index (χ1v) is 11.8. The summed E-state index contributed by atoms with van der Waals surface area (Å²) in [7, 11) is 0. The number of aromatic nitrogens is 4. The lowest BCUT2D eigenvalue weighted by Crippen LogP contribution is -2.38. The number of hydrogen-bond donors (Lipinski definition) is 3. The molecule has 0 unspecified atom stereocenters. The van der Waals surface area contributed by atoms with Gasteiger partial charge in [-0.05, 0) is 70.4 Å². The summed E-state index contributed by atoms with van der Waals surface area (Å²) in [4.78, 5) is 22.0. The molecule has 3 N–H and O–H groups in total. The van der Waals surface area contributed by atoms with Gasteiger partial charge in [-0.15, -0.1) is 0 Å². The summed E-state index contributed by atoms with van der Waals surface area (Å²) < 4.78 is 1.74. The third-order valence-electron chi connectivity index (χ3n) is 6.44. The molecule has 0 bridgehead atoms. The Balaban J connectivity index is 1.52. The maximum Gasteiger partial charge on any atom is 0.254 e.